The van der Waals surface area contributed by atoms with Gasteiger partial charge in [-0.1, -0.05) is 52.7 Å². The van der Waals surface area contributed by atoms with Crippen LogP contribution in [0.5, 0.6) is 0 Å². The molecule has 7 fully saturated rings. The van der Waals surface area contributed by atoms with Crippen LogP contribution in [0.1, 0.15) is 136 Å². The molecule has 1 aromatic rings. The van der Waals surface area contributed by atoms with Gasteiger partial charge in [-0.15, -0.1) is 0 Å². The highest BCUT2D eigenvalue weighted by Crippen LogP contribution is 2.79. The number of carboxylic acids is 1. The summed E-state index contributed by atoms with van der Waals surface area (Å²) < 4.78 is 12.6. The van der Waals surface area contributed by atoms with Gasteiger partial charge in [0.15, 0.2) is 6.29 Å². The minimum Gasteiger partial charge on any atom is -0.481 e. The molecule has 0 spiro atoms. The maximum atomic E-state index is 14.4. The number of aromatic nitrogens is 2. The molecule has 22 unspecified atom stereocenters. The number of aliphatic carboxylic acids is 1. The van der Waals surface area contributed by atoms with Crippen LogP contribution in [0.2, 0.25) is 0 Å². The van der Waals surface area contributed by atoms with E-state index in [1.165, 1.54) is 5.57 Å². The molecule has 69 heavy (non-hydrogen) atoms. The average Bonchev–Trinajstić information content (AvgIpc) is 3.91. The molecule has 12 N–H and O–H groups in total. The molecule has 3 heterocycles. The first-order chi connectivity index (χ1) is 32.7. The van der Waals surface area contributed by atoms with Gasteiger partial charge in [0, 0.05) is 48.4 Å². The van der Waals surface area contributed by atoms with Crippen molar-refractivity contribution in [1.82, 2.24) is 15.3 Å². The van der Waals surface area contributed by atoms with E-state index in [1.54, 1.807) is 12.5 Å². The van der Waals surface area contributed by atoms with Gasteiger partial charge in [0.25, 0.3) is 0 Å². The number of carbonyl (C=O) groups is 2. The minimum atomic E-state index is -1.63. The van der Waals surface area contributed by atoms with E-state index < -0.39 is 87.1 Å². The SMILES string of the molecule is CC1(CO)CC2CCCC3CC2(C(=O)O)C(C1)C1=CCC2C4(C)C(CC5C(CCCO)C(=O)NC5C(CCCN)c5cnc[nH]5)C(O)C(OC5OCC(O)C(O)C5O)C(C)(CO)C4CCC2(C)C13C. The summed E-state index contributed by atoms with van der Waals surface area (Å²) in [5.41, 5.74) is 4.23. The Bertz CT molecular complexity index is 2060. The number of nitrogens with two attached hydrogens (primary N) is 1. The summed E-state index contributed by atoms with van der Waals surface area (Å²) in [6.45, 7) is 10.9. The first-order valence-electron chi connectivity index (χ1n) is 26.5. The molecule has 1 amide bonds. The first-order valence-corrected chi connectivity index (χ1v) is 26.5. The Morgan fingerprint density at radius 2 is 1.71 bits per heavy atom. The zero-order chi connectivity index (χ0) is 49.6. The van der Waals surface area contributed by atoms with Crippen molar-refractivity contribution < 1.29 is 59.9 Å². The molecule has 6 aliphatic carbocycles. The van der Waals surface area contributed by atoms with Crippen molar-refractivity contribution in [3.63, 3.8) is 0 Å². The third-order valence-electron chi connectivity index (χ3n) is 22.0. The summed E-state index contributed by atoms with van der Waals surface area (Å²) in [4.78, 5) is 36.1. The molecule has 2 aliphatic heterocycles. The second-order valence-corrected chi connectivity index (χ2v) is 24.8. The molecule has 2 bridgehead atoms. The lowest BCUT2D eigenvalue weighted by atomic mass is 9.30. The van der Waals surface area contributed by atoms with E-state index in [4.69, 9.17) is 15.2 Å². The lowest BCUT2D eigenvalue weighted by Crippen LogP contribution is -2.73. The maximum absolute atomic E-state index is 14.4. The van der Waals surface area contributed by atoms with E-state index in [0.29, 0.717) is 70.8 Å². The number of aromatic amines is 1. The fraction of sp³-hybridized carbons (Fsp3) is 0.868. The molecule has 1 aromatic heterocycles. The van der Waals surface area contributed by atoms with Crippen LogP contribution in [-0.4, -0.2) is 139 Å². The van der Waals surface area contributed by atoms with Gasteiger partial charge < -0.3 is 66.4 Å². The second kappa shape index (κ2) is 18.8. The van der Waals surface area contributed by atoms with Gasteiger partial charge in [0.1, 0.15) is 18.3 Å². The van der Waals surface area contributed by atoms with E-state index in [0.717, 1.165) is 31.4 Å². The van der Waals surface area contributed by atoms with Gasteiger partial charge in [0.05, 0.1) is 37.2 Å². The largest absolute Gasteiger partial charge is 0.481 e. The molecule has 388 valence electrons. The van der Waals surface area contributed by atoms with Crippen LogP contribution in [-0.2, 0) is 19.1 Å². The maximum Gasteiger partial charge on any atom is 0.310 e. The number of carboxylic acid groups (broad SMARTS) is 1. The van der Waals surface area contributed by atoms with E-state index in [-0.39, 0.29) is 79.8 Å². The fourth-order valence-corrected chi connectivity index (χ4v) is 18.4. The standard InChI is InChI=1S/C53H84N4O12/c1-48(25-59)20-29-10-6-9-28-21-53(29,47(66)67)35(22-48)33-13-14-39-50(3,52(28,33)5)16-15-38-49(2,26-60)44(69-46-43(64)42(63)37(61)24-68-46)41(62)34(51(38,39)4)19-32-30(12-8-18-58)45(65)57-40(32)31(11-7-17-54)36-23-55-27-56-36/h13,23,27-32,34-35,37-44,46,58-64H,6-12,14-22,24-26,54H2,1-5H3,(H,55,56)(H,57,65)(H,66,67). The number of hydrogen-bond acceptors (Lipinski definition) is 13. The summed E-state index contributed by atoms with van der Waals surface area (Å²) in [5.74, 6) is -2.95. The highest BCUT2D eigenvalue weighted by molar-refractivity contribution is 5.82. The van der Waals surface area contributed by atoms with E-state index >= 15 is 0 Å². The number of ether oxygens (including phenoxy) is 2. The van der Waals surface area contributed by atoms with Crippen LogP contribution >= 0.6 is 0 Å². The second-order valence-electron chi connectivity index (χ2n) is 24.8. The summed E-state index contributed by atoms with van der Waals surface area (Å²) >= 11 is 0. The van der Waals surface area contributed by atoms with Gasteiger partial charge in [-0.2, -0.15) is 0 Å². The van der Waals surface area contributed by atoms with Gasteiger partial charge in [0.2, 0.25) is 5.91 Å². The number of aliphatic hydroxyl groups excluding tert-OH is 7. The summed E-state index contributed by atoms with van der Waals surface area (Å²) in [6.07, 6.45) is 6.60. The van der Waals surface area contributed by atoms with Gasteiger partial charge in [-0.25, -0.2) is 4.98 Å². The third kappa shape index (κ3) is 7.59. The van der Waals surface area contributed by atoms with E-state index in [2.05, 4.69) is 49.1 Å². The molecule has 5 saturated carbocycles. The number of nitrogens with zero attached hydrogens (tertiary/aromatic N) is 1. The first kappa shape index (κ1) is 51.4. The number of rotatable bonds is 15. The van der Waals surface area contributed by atoms with E-state index in [1.807, 2.05) is 6.92 Å². The molecule has 16 nitrogen and oxygen atoms in total. The van der Waals surface area contributed by atoms with Crippen molar-refractivity contribution in [1.29, 1.82) is 0 Å². The Hall–Kier alpha value is -2.51. The topological polar surface area (TPSA) is 281 Å². The zero-order valence-corrected chi connectivity index (χ0v) is 41.6. The molecule has 0 radical (unpaired) electrons. The highest BCUT2D eigenvalue weighted by atomic mass is 16.7. The number of hydrogen-bond donors (Lipinski definition) is 11. The Kier molecular flexibility index (Phi) is 14.0. The van der Waals surface area contributed by atoms with Crippen LogP contribution in [0.3, 0.4) is 0 Å². The predicted octanol–water partition coefficient (Wildman–Crippen LogP) is 3.61. The molecular formula is C53H84N4O12. The zero-order valence-electron chi connectivity index (χ0n) is 41.6. The summed E-state index contributed by atoms with van der Waals surface area (Å²) in [7, 11) is 0. The van der Waals surface area contributed by atoms with Crippen molar-refractivity contribution in [2.45, 2.75) is 173 Å². The third-order valence-corrected chi connectivity index (χ3v) is 22.0. The van der Waals surface area contributed by atoms with Gasteiger partial charge >= 0.3 is 5.97 Å². The summed E-state index contributed by atoms with van der Waals surface area (Å²) in [5, 5.41) is 93.9. The molecule has 0 aromatic carbocycles. The number of aliphatic hydroxyl groups is 7. The Balaban J connectivity index is 1.20. The van der Waals surface area contributed by atoms with Crippen LogP contribution < -0.4 is 11.1 Å². The summed E-state index contributed by atoms with van der Waals surface area (Å²) in [6, 6.07) is -0.382. The molecular weight excluding hydrogens is 885 g/mol. The number of carbonyl (C=O) groups excluding carboxylic acids is 1. The lowest BCUT2D eigenvalue weighted by Gasteiger charge is -2.75. The Morgan fingerprint density at radius 1 is 0.957 bits per heavy atom. The number of allylic oxidation sites excluding steroid dienone is 2. The molecule has 16 heteroatoms. The quantitative estimate of drug-likeness (QED) is 0.0886. The predicted molar refractivity (Wildman–Crippen MR) is 253 cm³/mol. The van der Waals surface area contributed by atoms with E-state index in [9.17, 15) is 50.4 Å². The molecule has 8 aliphatic rings. The van der Waals surface area contributed by atoms with Crippen LogP contribution in [0, 0.1) is 79.8 Å². The van der Waals surface area contributed by atoms with Crippen LogP contribution in [0.25, 0.3) is 0 Å². The van der Waals surface area contributed by atoms with Gasteiger partial charge in [-0.3, -0.25) is 9.59 Å². The normalized spacial score (nSPS) is 49.7. The van der Waals surface area contributed by atoms with Crippen molar-refractivity contribution in [2.24, 2.45) is 85.6 Å². The minimum absolute atomic E-state index is 0.0000511. The average molecular weight is 969 g/mol. The molecule has 9 rings (SSSR count). The molecule has 22 atom stereocenters. The molecule has 2 saturated heterocycles. The number of imidazole rings is 1. The lowest BCUT2D eigenvalue weighted by molar-refractivity contribution is -0.341. The monoisotopic (exact) mass is 969 g/mol. The number of amides is 1. The Morgan fingerprint density at radius 3 is 2.38 bits per heavy atom. The Labute approximate surface area is 407 Å². The number of nitrogens with one attached hydrogen (secondary N) is 2. The van der Waals surface area contributed by atoms with Crippen molar-refractivity contribution >= 4 is 11.9 Å². The number of H-pyrrole nitrogens is 1. The number of fused-ring (bicyclic) bond motifs is 8. The van der Waals surface area contributed by atoms with Crippen LogP contribution in [0.15, 0.2) is 24.2 Å². The van der Waals surface area contributed by atoms with Crippen molar-refractivity contribution in [3.8, 4) is 0 Å². The fourth-order valence-electron chi connectivity index (χ4n) is 18.4. The van der Waals surface area contributed by atoms with Crippen molar-refractivity contribution in [2.75, 3.05) is 33.0 Å². The van der Waals surface area contributed by atoms with Crippen molar-refractivity contribution in [3.05, 3.63) is 29.9 Å². The van der Waals surface area contributed by atoms with Crippen LogP contribution in [0.4, 0.5) is 0 Å². The van der Waals surface area contributed by atoms with Gasteiger partial charge in [-0.05, 0) is 153 Å². The smallest absolute Gasteiger partial charge is 0.310 e. The highest BCUT2D eigenvalue weighted by Gasteiger charge is 2.76.